The van der Waals surface area contributed by atoms with Gasteiger partial charge in [-0.2, -0.15) is 0 Å². The van der Waals surface area contributed by atoms with Gasteiger partial charge in [0, 0.05) is 17.5 Å². The van der Waals surface area contributed by atoms with E-state index in [2.05, 4.69) is 36.7 Å². The van der Waals surface area contributed by atoms with Gasteiger partial charge >= 0.3 is 0 Å². The lowest BCUT2D eigenvalue weighted by Gasteiger charge is -2.16. The van der Waals surface area contributed by atoms with Crippen molar-refractivity contribution in [2.45, 2.75) is 52.0 Å². The molecule has 0 saturated heterocycles. The molecule has 0 bridgehead atoms. The number of hydrogen-bond donors (Lipinski definition) is 1. The van der Waals surface area contributed by atoms with Gasteiger partial charge in [0.2, 0.25) is 0 Å². The molecule has 2 heteroatoms. The first-order valence-corrected chi connectivity index (χ1v) is 7.00. The van der Waals surface area contributed by atoms with Crippen LogP contribution in [0.5, 0.6) is 0 Å². The van der Waals surface area contributed by atoms with Gasteiger partial charge < -0.3 is 5.32 Å². The molecule has 1 atom stereocenters. The van der Waals surface area contributed by atoms with Crippen molar-refractivity contribution in [3.05, 3.63) is 22.4 Å². The summed E-state index contributed by atoms with van der Waals surface area (Å²) in [5.41, 5.74) is 0. The zero-order valence-corrected chi connectivity index (χ0v) is 10.8. The molecule has 1 rings (SSSR count). The average Bonchev–Trinajstić information content (AvgIpc) is 2.76. The summed E-state index contributed by atoms with van der Waals surface area (Å²) in [6, 6.07) is 5.08. The summed E-state index contributed by atoms with van der Waals surface area (Å²) in [6.45, 7) is 5.67. The molecule has 1 aromatic rings. The summed E-state index contributed by atoms with van der Waals surface area (Å²) in [4.78, 5) is 1.49. The van der Waals surface area contributed by atoms with Gasteiger partial charge in [0.25, 0.3) is 0 Å². The molecule has 0 aromatic carbocycles. The minimum atomic E-state index is 0.727. The van der Waals surface area contributed by atoms with Crippen LogP contribution in [0.2, 0.25) is 0 Å². The molecule has 0 aliphatic carbocycles. The Labute approximate surface area is 97.9 Å². The Bertz CT molecular complexity index is 231. The Balaban J connectivity index is 2.11. The number of nitrogens with one attached hydrogen (secondary N) is 1. The summed E-state index contributed by atoms with van der Waals surface area (Å²) in [5, 5.41) is 5.81. The lowest BCUT2D eigenvalue weighted by Crippen LogP contribution is -2.30. The third-order valence-electron chi connectivity index (χ3n) is 2.78. The molecule has 1 aromatic heterocycles. The van der Waals surface area contributed by atoms with Gasteiger partial charge in [0.15, 0.2) is 0 Å². The Morgan fingerprint density at radius 2 is 2.27 bits per heavy atom. The highest BCUT2D eigenvalue weighted by Gasteiger charge is 2.04. The maximum atomic E-state index is 3.65. The fourth-order valence-corrected chi connectivity index (χ4v) is 2.46. The maximum Gasteiger partial charge on any atom is 0.00645 e. The quantitative estimate of drug-likeness (QED) is 0.708. The summed E-state index contributed by atoms with van der Waals surface area (Å²) in [6.07, 6.45) is 6.43. The van der Waals surface area contributed by atoms with E-state index in [4.69, 9.17) is 0 Å². The zero-order valence-electron chi connectivity index (χ0n) is 9.96. The third-order valence-corrected chi connectivity index (χ3v) is 3.72. The van der Waals surface area contributed by atoms with Crippen LogP contribution in [0, 0.1) is 0 Å². The molecule has 0 aliphatic rings. The largest absolute Gasteiger partial charge is 0.314 e. The summed E-state index contributed by atoms with van der Waals surface area (Å²) in [5.74, 6) is 0. The topological polar surface area (TPSA) is 12.0 Å². The van der Waals surface area contributed by atoms with E-state index >= 15 is 0 Å². The number of unbranched alkanes of at least 4 members (excludes halogenated alkanes) is 1. The highest BCUT2D eigenvalue weighted by molar-refractivity contribution is 7.09. The SMILES string of the molecule is CCCC[C@@H](CC)NCCc1cccs1. The predicted octanol–water partition coefficient (Wildman–Crippen LogP) is 3.85. The van der Waals surface area contributed by atoms with Crippen LogP contribution in [0.25, 0.3) is 0 Å². The van der Waals surface area contributed by atoms with E-state index < -0.39 is 0 Å². The van der Waals surface area contributed by atoms with Crippen LogP contribution >= 0.6 is 11.3 Å². The van der Waals surface area contributed by atoms with Crippen molar-refractivity contribution < 1.29 is 0 Å². The molecule has 0 fully saturated rings. The van der Waals surface area contributed by atoms with E-state index in [0.717, 1.165) is 12.6 Å². The Hall–Kier alpha value is -0.340. The number of hydrogen-bond acceptors (Lipinski definition) is 2. The lowest BCUT2D eigenvalue weighted by molar-refractivity contribution is 0.456. The summed E-state index contributed by atoms with van der Waals surface area (Å²) in [7, 11) is 0. The van der Waals surface area contributed by atoms with E-state index in [9.17, 15) is 0 Å². The smallest absolute Gasteiger partial charge is 0.00645 e. The molecule has 1 heterocycles. The van der Waals surface area contributed by atoms with Crippen molar-refractivity contribution in [3.63, 3.8) is 0 Å². The molecule has 0 aliphatic heterocycles. The van der Waals surface area contributed by atoms with Gasteiger partial charge in [-0.25, -0.2) is 0 Å². The lowest BCUT2D eigenvalue weighted by atomic mass is 10.1. The van der Waals surface area contributed by atoms with E-state index in [-0.39, 0.29) is 0 Å². The molecule has 1 nitrogen and oxygen atoms in total. The van der Waals surface area contributed by atoms with Crippen molar-refractivity contribution in [1.82, 2.24) is 5.32 Å². The van der Waals surface area contributed by atoms with Crippen LogP contribution in [0.15, 0.2) is 17.5 Å². The van der Waals surface area contributed by atoms with E-state index in [1.54, 1.807) is 0 Å². The first kappa shape index (κ1) is 12.7. The molecule has 0 unspecified atom stereocenters. The van der Waals surface area contributed by atoms with E-state index in [0.29, 0.717) is 0 Å². The third kappa shape index (κ3) is 5.33. The summed E-state index contributed by atoms with van der Waals surface area (Å²) >= 11 is 1.86. The fourth-order valence-electron chi connectivity index (χ4n) is 1.76. The monoisotopic (exact) mass is 225 g/mol. The van der Waals surface area contributed by atoms with Gasteiger partial charge in [-0.15, -0.1) is 11.3 Å². The maximum absolute atomic E-state index is 3.65. The second kappa shape index (κ2) is 7.89. The Morgan fingerprint density at radius 3 is 2.87 bits per heavy atom. The average molecular weight is 225 g/mol. The molecular weight excluding hydrogens is 202 g/mol. The van der Waals surface area contributed by atoms with E-state index in [1.165, 1.54) is 37.0 Å². The standard InChI is InChI=1S/C13H23NS/c1-3-5-7-12(4-2)14-10-9-13-8-6-11-15-13/h6,8,11-12,14H,3-5,7,9-10H2,1-2H3/t12-/m1/s1. The summed E-state index contributed by atoms with van der Waals surface area (Å²) < 4.78 is 0. The van der Waals surface area contributed by atoms with Crippen LogP contribution in [-0.2, 0) is 6.42 Å². The van der Waals surface area contributed by atoms with Gasteiger partial charge in [-0.05, 0) is 30.7 Å². The van der Waals surface area contributed by atoms with Crippen molar-refractivity contribution in [1.29, 1.82) is 0 Å². The van der Waals surface area contributed by atoms with Crippen molar-refractivity contribution in [2.75, 3.05) is 6.54 Å². The van der Waals surface area contributed by atoms with Gasteiger partial charge in [-0.3, -0.25) is 0 Å². The van der Waals surface area contributed by atoms with Gasteiger partial charge in [0.05, 0.1) is 0 Å². The first-order chi connectivity index (χ1) is 7.36. The van der Waals surface area contributed by atoms with Crippen LogP contribution in [0.1, 0.15) is 44.4 Å². The van der Waals surface area contributed by atoms with Crippen molar-refractivity contribution in [2.24, 2.45) is 0 Å². The van der Waals surface area contributed by atoms with Gasteiger partial charge in [0.1, 0.15) is 0 Å². The van der Waals surface area contributed by atoms with Crippen molar-refractivity contribution in [3.8, 4) is 0 Å². The van der Waals surface area contributed by atoms with Crippen LogP contribution < -0.4 is 5.32 Å². The molecule has 1 N–H and O–H groups in total. The molecule has 86 valence electrons. The Morgan fingerprint density at radius 1 is 1.40 bits per heavy atom. The normalized spacial score (nSPS) is 12.9. The number of thiophene rings is 1. The molecule has 0 radical (unpaired) electrons. The molecule has 0 saturated carbocycles. The number of rotatable bonds is 8. The highest BCUT2D eigenvalue weighted by Crippen LogP contribution is 2.09. The minimum absolute atomic E-state index is 0.727. The second-order valence-electron chi connectivity index (χ2n) is 4.03. The van der Waals surface area contributed by atoms with Crippen LogP contribution in [0.4, 0.5) is 0 Å². The second-order valence-corrected chi connectivity index (χ2v) is 5.06. The molecular formula is C13H23NS. The predicted molar refractivity (Wildman–Crippen MR) is 69.6 cm³/mol. The van der Waals surface area contributed by atoms with Gasteiger partial charge in [-0.1, -0.05) is 32.8 Å². The molecule has 0 amide bonds. The van der Waals surface area contributed by atoms with E-state index in [1.807, 2.05) is 11.3 Å². The van der Waals surface area contributed by atoms with Crippen LogP contribution in [-0.4, -0.2) is 12.6 Å². The minimum Gasteiger partial charge on any atom is -0.314 e. The molecule has 0 spiro atoms. The molecule has 15 heavy (non-hydrogen) atoms. The Kier molecular flexibility index (Phi) is 6.69. The van der Waals surface area contributed by atoms with Crippen molar-refractivity contribution >= 4 is 11.3 Å². The zero-order chi connectivity index (χ0) is 10.9. The fraction of sp³-hybridized carbons (Fsp3) is 0.692. The van der Waals surface area contributed by atoms with Crippen LogP contribution in [0.3, 0.4) is 0 Å². The highest BCUT2D eigenvalue weighted by atomic mass is 32.1. The first-order valence-electron chi connectivity index (χ1n) is 6.12.